The van der Waals surface area contributed by atoms with E-state index in [1.165, 1.54) is 17.4 Å². The molecule has 9 rings (SSSR count). The van der Waals surface area contributed by atoms with E-state index in [4.69, 9.17) is 4.43 Å². The zero-order valence-electron chi connectivity index (χ0n) is 36.2. The van der Waals surface area contributed by atoms with Gasteiger partial charge in [-0.2, -0.15) is 0 Å². The number of anilines is 1. The summed E-state index contributed by atoms with van der Waals surface area (Å²) in [4.78, 5) is 45.3. The fourth-order valence-electron chi connectivity index (χ4n) is 8.85. The first kappa shape index (κ1) is 43.3. The van der Waals surface area contributed by atoms with Gasteiger partial charge in [0.05, 0.1) is 33.6 Å². The van der Waals surface area contributed by atoms with Gasteiger partial charge in [0, 0.05) is 43.2 Å². The third-order valence-corrected chi connectivity index (χ3v) is 18.7. The third kappa shape index (κ3) is 9.09. The Balaban J connectivity index is 0.968. The number of allylic oxidation sites excluding steroid dienone is 1. The second-order valence-electron chi connectivity index (χ2n) is 18.3. The Bertz CT molecular complexity index is 2730. The molecule has 0 spiro atoms. The van der Waals surface area contributed by atoms with Crippen molar-refractivity contribution in [2.24, 2.45) is 5.92 Å². The highest BCUT2D eigenvalue weighted by atomic mass is 32.1. The van der Waals surface area contributed by atoms with Crippen molar-refractivity contribution in [3.8, 4) is 16.9 Å². The van der Waals surface area contributed by atoms with E-state index in [2.05, 4.69) is 67.3 Å². The summed E-state index contributed by atoms with van der Waals surface area (Å²) in [7, 11) is -2.24. The Labute approximate surface area is 367 Å². The summed E-state index contributed by atoms with van der Waals surface area (Å²) in [6, 6.07) is 28.8. The smallest absolute Gasteiger partial charge is 0.412 e. The number of nitrogens with zero attached hydrogens (tertiary/aromatic N) is 3. The molecule has 62 heavy (non-hydrogen) atoms. The van der Waals surface area contributed by atoms with Gasteiger partial charge in [0.25, 0.3) is 0 Å². The Kier molecular flexibility index (Phi) is 12.5. The topological polar surface area (TPSA) is 140 Å². The predicted octanol–water partition coefficient (Wildman–Crippen LogP) is 9.81. The lowest BCUT2D eigenvalue weighted by molar-refractivity contribution is 0.0838. The summed E-state index contributed by atoms with van der Waals surface area (Å²) in [5, 5.41) is 25.6. The van der Waals surface area contributed by atoms with Crippen molar-refractivity contribution < 1.29 is 19.4 Å². The summed E-state index contributed by atoms with van der Waals surface area (Å²) < 4.78 is 9.73. The molecule has 324 valence electrons. The van der Waals surface area contributed by atoms with Crippen molar-refractivity contribution >= 4 is 58.6 Å². The van der Waals surface area contributed by atoms with Gasteiger partial charge < -0.3 is 29.8 Å². The predicted molar refractivity (Wildman–Crippen MR) is 254 cm³/mol. The molecular formula is C49H57N5O6SSi. The molecule has 3 fully saturated rings. The van der Waals surface area contributed by atoms with Crippen LogP contribution in [0, 0.1) is 5.92 Å². The second kappa shape index (κ2) is 17.8. The average Bonchev–Trinajstić information content (AvgIpc) is 3.56. The fraction of sp³-hybridized carbons (Fsp3) is 0.367. The van der Waals surface area contributed by atoms with Crippen molar-refractivity contribution in [2.45, 2.75) is 83.4 Å². The van der Waals surface area contributed by atoms with Crippen molar-refractivity contribution in [3.05, 3.63) is 134 Å². The molecule has 1 amide bonds. The summed E-state index contributed by atoms with van der Waals surface area (Å²) >= 11 is 1.24. The highest BCUT2D eigenvalue weighted by Crippen LogP contribution is 2.42. The molecular weight excluding hydrogens is 815 g/mol. The number of phenolic OH excluding ortho intramolecular Hbond substituents is 1. The second-order valence-corrected chi connectivity index (χ2v) is 24.0. The molecule has 2 atom stereocenters. The average molecular weight is 872 g/mol. The highest BCUT2D eigenvalue weighted by Gasteiger charge is 2.41. The van der Waals surface area contributed by atoms with Crippen LogP contribution in [0.3, 0.4) is 0 Å². The van der Waals surface area contributed by atoms with Crippen LogP contribution in [0.2, 0.25) is 18.1 Å². The molecule has 0 saturated carbocycles. The molecule has 0 aliphatic carbocycles. The summed E-state index contributed by atoms with van der Waals surface area (Å²) in [5.41, 5.74) is 6.45. The molecule has 3 aliphatic rings. The number of hydrogen-bond acceptors (Lipinski definition) is 8. The molecule has 0 radical (unpaired) electrons. The molecule has 13 heteroatoms. The minimum absolute atomic E-state index is 0.0114. The number of aromatic amines is 1. The lowest BCUT2D eigenvalue weighted by Crippen LogP contribution is -2.59. The van der Waals surface area contributed by atoms with Gasteiger partial charge in [-0.3, -0.25) is 19.1 Å². The SMILES string of the molecule is CC(C)(C)[Si](C)(C)O[C@@H](CNCc1ccc2c(c1)sc(=O)n2CC/C=C/c1ccc(-c2ccccc2)c(N(C(=O)O)[C@H]2CN3CCC2CC3)c1)c1ccc(O)c2[nH]c(=O)ccc12. The van der Waals surface area contributed by atoms with Crippen LogP contribution >= 0.6 is 11.3 Å². The number of pyridine rings is 1. The number of rotatable bonds is 14. The van der Waals surface area contributed by atoms with E-state index in [0.717, 1.165) is 75.9 Å². The third-order valence-electron chi connectivity index (χ3n) is 13.2. The maximum atomic E-state index is 13.3. The van der Waals surface area contributed by atoms with Crippen molar-refractivity contribution in [1.82, 2.24) is 19.8 Å². The van der Waals surface area contributed by atoms with E-state index in [1.807, 2.05) is 71.3 Å². The number of fused-ring (bicyclic) bond motifs is 5. The number of aryl methyl sites for hydroxylation is 1. The number of hydrogen-bond donors (Lipinski definition) is 4. The minimum Gasteiger partial charge on any atom is -0.506 e. The van der Waals surface area contributed by atoms with Crippen molar-refractivity contribution in [3.63, 3.8) is 0 Å². The zero-order chi connectivity index (χ0) is 43.8. The number of thiazole rings is 1. The number of carbonyl (C=O) groups is 1. The Morgan fingerprint density at radius 1 is 1.02 bits per heavy atom. The lowest BCUT2D eigenvalue weighted by Gasteiger charge is -2.48. The van der Waals surface area contributed by atoms with E-state index in [9.17, 15) is 24.6 Å². The first-order valence-electron chi connectivity index (χ1n) is 21.6. The van der Waals surface area contributed by atoms with Gasteiger partial charge in [0.2, 0.25) is 5.56 Å². The number of piperidine rings is 3. The number of nitrogens with one attached hydrogen (secondary N) is 2. The molecule has 3 saturated heterocycles. The van der Waals surface area contributed by atoms with Crippen LogP contribution in [0.15, 0.2) is 107 Å². The summed E-state index contributed by atoms with van der Waals surface area (Å²) in [6.45, 7) is 15.4. The van der Waals surface area contributed by atoms with E-state index in [1.54, 1.807) is 17.0 Å². The minimum atomic E-state index is -2.24. The van der Waals surface area contributed by atoms with Crippen LogP contribution < -0.4 is 20.6 Å². The van der Waals surface area contributed by atoms with Gasteiger partial charge in [-0.05, 0) is 109 Å². The van der Waals surface area contributed by atoms with Crippen LogP contribution in [0.25, 0.3) is 38.3 Å². The van der Waals surface area contributed by atoms with Crippen LogP contribution in [0.5, 0.6) is 5.75 Å². The Hall–Kier alpha value is -5.31. The lowest BCUT2D eigenvalue weighted by atomic mass is 9.82. The van der Waals surface area contributed by atoms with Gasteiger partial charge >= 0.3 is 11.0 Å². The normalized spacial score (nSPS) is 18.5. The van der Waals surface area contributed by atoms with Crippen LogP contribution in [-0.2, 0) is 17.5 Å². The standard InChI is InChI=1S/C49H57N5O6SSi/c1-49(2,3)62(4,5)60-43(37-17-20-42(55)46-38(37)18-21-45(56)51-46)30-50-29-33-15-19-39-44(28-33)61-48(59)53(39)24-10-9-11-32-14-16-36(34-12-7-6-8-13-34)40(27-32)54(47(57)58)41-31-52-25-22-35(41)23-26-52/h6-9,11-21,27-28,35,41,43,50,55H,10,22-26,29-31H2,1-5H3,(H,51,56)(H,57,58)/b11-9+/t41-,43-/m0/s1. The number of carboxylic acid groups (broad SMARTS) is 1. The molecule has 2 aromatic heterocycles. The summed E-state index contributed by atoms with van der Waals surface area (Å²) in [6.07, 6.45) is 5.49. The number of H-pyrrole nitrogens is 1. The van der Waals surface area contributed by atoms with Gasteiger partial charge in [-0.15, -0.1) is 0 Å². The molecule has 6 aromatic rings. The Morgan fingerprint density at radius 3 is 2.50 bits per heavy atom. The quantitative estimate of drug-likeness (QED) is 0.0794. The summed E-state index contributed by atoms with van der Waals surface area (Å²) in [5.74, 6) is 0.360. The van der Waals surface area contributed by atoms with Crippen LogP contribution in [0.1, 0.15) is 62.8 Å². The number of aromatic hydroxyl groups is 1. The van der Waals surface area contributed by atoms with Gasteiger partial charge in [-0.1, -0.05) is 98.9 Å². The molecule has 4 aromatic carbocycles. The first-order valence-corrected chi connectivity index (χ1v) is 25.4. The zero-order valence-corrected chi connectivity index (χ0v) is 38.0. The van der Waals surface area contributed by atoms with Crippen molar-refractivity contribution in [1.29, 1.82) is 0 Å². The van der Waals surface area contributed by atoms with E-state index < -0.39 is 14.4 Å². The largest absolute Gasteiger partial charge is 0.506 e. The van der Waals surface area contributed by atoms with Crippen LogP contribution in [0.4, 0.5) is 10.5 Å². The Morgan fingerprint density at radius 2 is 1.79 bits per heavy atom. The number of aromatic nitrogens is 2. The monoisotopic (exact) mass is 871 g/mol. The molecule has 5 heterocycles. The van der Waals surface area contributed by atoms with E-state index in [0.29, 0.717) is 43.2 Å². The number of amides is 1. The number of benzene rings is 4. The molecule has 11 nitrogen and oxygen atoms in total. The molecule has 2 bridgehead atoms. The molecule has 3 aliphatic heterocycles. The maximum absolute atomic E-state index is 13.3. The van der Waals surface area contributed by atoms with Crippen LogP contribution in [-0.4, -0.2) is 71.3 Å². The molecule has 0 unspecified atom stereocenters. The molecule has 4 N–H and O–H groups in total. The van der Waals surface area contributed by atoms with Gasteiger partial charge in [0.1, 0.15) is 5.75 Å². The van der Waals surface area contributed by atoms with E-state index >= 15 is 0 Å². The maximum Gasteiger partial charge on any atom is 0.412 e. The van der Waals surface area contributed by atoms with Gasteiger partial charge in [-0.25, -0.2) is 4.79 Å². The van der Waals surface area contributed by atoms with Gasteiger partial charge in [0.15, 0.2) is 8.32 Å². The highest BCUT2D eigenvalue weighted by molar-refractivity contribution is 7.16. The van der Waals surface area contributed by atoms with E-state index in [-0.39, 0.29) is 33.4 Å². The fourth-order valence-corrected chi connectivity index (χ4v) is 11.1. The first-order chi connectivity index (χ1) is 29.7. The number of phenols is 1. The van der Waals surface area contributed by atoms with Crippen molar-refractivity contribution in [2.75, 3.05) is 31.1 Å².